The SMILES string of the molecule is NC1CCc2sc(NC(=O)C3CC3)c(C(=O)NCC3CC3)c2C1.[HH]. The molecule has 126 valence electrons. The summed E-state index contributed by atoms with van der Waals surface area (Å²) in [5.74, 6) is 0.790. The van der Waals surface area contributed by atoms with Crippen LogP contribution in [0.1, 0.15) is 54.3 Å². The molecular formula is C17H25N3O2S. The summed E-state index contributed by atoms with van der Waals surface area (Å²) in [7, 11) is 0. The van der Waals surface area contributed by atoms with Gasteiger partial charge in [-0.05, 0) is 56.4 Å². The first-order chi connectivity index (χ1) is 11.1. The standard InChI is InChI=1S/C17H23N3O2S.H2/c18-11-5-6-13-12(7-11)14(16(22)19-8-9-1-2-9)17(23-13)20-15(21)10-3-4-10;/h9-11H,1-8,18H2,(H,19,22)(H,20,21);1H. The molecule has 4 rings (SSSR count). The molecule has 2 fully saturated rings. The van der Waals surface area contributed by atoms with E-state index < -0.39 is 0 Å². The lowest BCUT2D eigenvalue weighted by atomic mass is 9.91. The molecule has 0 aromatic carbocycles. The minimum atomic E-state index is -0.0467. The normalized spacial score (nSPS) is 23.3. The Hall–Kier alpha value is -1.40. The Bertz CT molecular complexity index is 653. The maximum absolute atomic E-state index is 12.7. The molecule has 3 aliphatic rings. The van der Waals surface area contributed by atoms with Gasteiger partial charge in [-0.25, -0.2) is 0 Å². The van der Waals surface area contributed by atoms with E-state index in [1.807, 2.05) is 0 Å². The van der Waals surface area contributed by atoms with Crippen molar-refractivity contribution in [1.82, 2.24) is 5.32 Å². The molecule has 23 heavy (non-hydrogen) atoms. The van der Waals surface area contributed by atoms with E-state index in [1.54, 1.807) is 11.3 Å². The minimum Gasteiger partial charge on any atom is -0.352 e. The number of carbonyl (C=O) groups is 2. The predicted molar refractivity (Wildman–Crippen MR) is 92.8 cm³/mol. The van der Waals surface area contributed by atoms with Gasteiger partial charge in [0.2, 0.25) is 5.91 Å². The van der Waals surface area contributed by atoms with Crippen LogP contribution in [0.2, 0.25) is 0 Å². The van der Waals surface area contributed by atoms with Crippen molar-refractivity contribution in [3.05, 3.63) is 16.0 Å². The van der Waals surface area contributed by atoms with Crippen LogP contribution in [0, 0.1) is 11.8 Å². The first-order valence-electron chi connectivity index (χ1n) is 8.61. The van der Waals surface area contributed by atoms with E-state index in [4.69, 9.17) is 5.73 Å². The van der Waals surface area contributed by atoms with Gasteiger partial charge in [0.15, 0.2) is 0 Å². The monoisotopic (exact) mass is 335 g/mol. The van der Waals surface area contributed by atoms with Crippen LogP contribution in [0.4, 0.5) is 5.00 Å². The Morgan fingerprint density at radius 2 is 2.00 bits per heavy atom. The van der Waals surface area contributed by atoms with Crippen molar-refractivity contribution in [2.24, 2.45) is 17.6 Å². The molecule has 3 aliphatic carbocycles. The highest BCUT2D eigenvalue weighted by atomic mass is 32.1. The van der Waals surface area contributed by atoms with E-state index in [2.05, 4.69) is 10.6 Å². The Balaban J connectivity index is 0.00000169. The third kappa shape index (κ3) is 3.28. The number of carbonyl (C=O) groups excluding carboxylic acids is 2. The smallest absolute Gasteiger partial charge is 0.254 e. The van der Waals surface area contributed by atoms with Crippen molar-refractivity contribution >= 4 is 28.2 Å². The number of hydrogen-bond donors (Lipinski definition) is 3. The zero-order valence-corrected chi connectivity index (χ0v) is 14.0. The van der Waals surface area contributed by atoms with Gasteiger partial charge in [0.05, 0.1) is 5.56 Å². The maximum atomic E-state index is 12.7. The molecule has 1 unspecified atom stereocenters. The summed E-state index contributed by atoms with van der Waals surface area (Å²) in [5, 5.41) is 6.78. The van der Waals surface area contributed by atoms with E-state index in [9.17, 15) is 9.59 Å². The van der Waals surface area contributed by atoms with Gasteiger partial charge >= 0.3 is 0 Å². The minimum absolute atomic E-state index is 0. The molecule has 0 bridgehead atoms. The van der Waals surface area contributed by atoms with Crippen LogP contribution in [0.25, 0.3) is 0 Å². The van der Waals surface area contributed by atoms with Crippen molar-refractivity contribution in [1.29, 1.82) is 0 Å². The number of nitrogens with two attached hydrogens (primary N) is 1. The number of anilines is 1. The lowest BCUT2D eigenvalue weighted by molar-refractivity contribution is -0.117. The summed E-state index contributed by atoms with van der Waals surface area (Å²) in [6, 6.07) is 0.110. The second-order valence-corrected chi connectivity index (χ2v) is 8.23. The second-order valence-electron chi connectivity index (χ2n) is 7.13. The Morgan fingerprint density at radius 3 is 2.70 bits per heavy atom. The first kappa shape index (κ1) is 15.1. The fourth-order valence-electron chi connectivity index (χ4n) is 3.15. The van der Waals surface area contributed by atoms with Crippen molar-refractivity contribution in [3.8, 4) is 0 Å². The molecule has 5 nitrogen and oxygen atoms in total. The van der Waals surface area contributed by atoms with Gasteiger partial charge in [-0.15, -0.1) is 11.3 Å². The third-order valence-corrected chi connectivity index (χ3v) is 6.17. The molecule has 2 amide bonds. The van der Waals surface area contributed by atoms with Gasteiger partial charge in [-0.2, -0.15) is 0 Å². The number of nitrogens with one attached hydrogen (secondary N) is 2. The summed E-state index contributed by atoms with van der Waals surface area (Å²) in [4.78, 5) is 26.1. The molecule has 0 radical (unpaired) electrons. The first-order valence-corrected chi connectivity index (χ1v) is 9.42. The Kier molecular flexibility index (Phi) is 3.89. The van der Waals surface area contributed by atoms with E-state index in [-0.39, 0.29) is 25.2 Å². The fourth-order valence-corrected chi connectivity index (χ4v) is 4.39. The molecule has 2 saturated carbocycles. The van der Waals surface area contributed by atoms with Gasteiger partial charge in [-0.1, -0.05) is 0 Å². The summed E-state index contributed by atoms with van der Waals surface area (Å²) in [5.41, 5.74) is 7.84. The molecule has 1 aromatic rings. The third-order valence-electron chi connectivity index (χ3n) is 4.96. The quantitative estimate of drug-likeness (QED) is 0.772. The molecule has 0 saturated heterocycles. The topological polar surface area (TPSA) is 84.2 Å². The van der Waals surface area contributed by atoms with E-state index in [1.165, 1.54) is 17.7 Å². The highest BCUT2D eigenvalue weighted by Crippen LogP contribution is 2.39. The highest BCUT2D eigenvalue weighted by Gasteiger charge is 2.33. The molecular weight excluding hydrogens is 310 g/mol. The van der Waals surface area contributed by atoms with E-state index >= 15 is 0 Å². The molecule has 1 atom stereocenters. The van der Waals surface area contributed by atoms with Crippen molar-refractivity contribution in [2.75, 3.05) is 11.9 Å². The van der Waals surface area contributed by atoms with Crippen molar-refractivity contribution < 1.29 is 11.0 Å². The van der Waals surface area contributed by atoms with Crippen molar-refractivity contribution in [3.63, 3.8) is 0 Å². The average Bonchev–Trinajstić information content (AvgIpc) is 3.42. The number of thiophene rings is 1. The molecule has 4 N–H and O–H groups in total. The van der Waals surface area contributed by atoms with Gasteiger partial charge in [0.1, 0.15) is 5.00 Å². The van der Waals surface area contributed by atoms with Crippen LogP contribution in [-0.4, -0.2) is 24.4 Å². The van der Waals surface area contributed by atoms with E-state index in [0.29, 0.717) is 11.5 Å². The largest absolute Gasteiger partial charge is 0.352 e. The van der Waals surface area contributed by atoms with Crippen LogP contribution >= 0.6 is 11.3 Å². The molecule has 1 aromatic heterocycles. The molecule has 0 spiro atoms. The summed E-state index contributed by atoms with van der Waals surface area (Å²) < 4.78 is 0. The van der Waals surface area contributed by atoms with Crippen LogP contribution in [0.15, 0.2) is 0 Å². The predicted octanol–water partition coefficient (Wildman–Crippen LogP) is 2.30. The highest BCUT2D eigenvalue weighted by molar-refractivity contribution is 7.17. The number of rotatable bonds is 5. The molecule has 0 aliphatic heterocycles. The zero-order valence-electron chi connectivity index (χ0n) is 13.2. The number of hydrogen-bond acceptors (Lipinski definition) is 4. The summed E-state index contributed by atoms with van der Waals surface area (Å²) >= 11 is 1.57. The van der Waals surface area contributed by atoms with Gasteiger partial charge in [0.25, 0.3) is 5.91 Å². The number of fused-ring (bicyclic) bond motifs is 1. The fraction of sp³-hybridized carbons (Fsp3) is 0.647. The molecule has 6 heteroatoms. The van der Waals surface area contributed by atoms with Crippen LogP contribution in [0.3, 0.4) is 0 Å². The summed E-state index contributed by atoms with van der Waals surface area (Å²) in [6.07, 6.45) is 6.93. The Morgan fingerprint density at radius 1 is 1.22 bits per heavy atom. The second kappa shape index (κ2) is 5.91. The van der Waals surface area contributed by atoms with Crippen molar-refractivity contribution in [2.45, 2.75) is 51.0 Å². The van der Waals surface area contributed by atoms with Gasteiger partial charge < -0.3 is 16.4 Å². The lowest BCUT2D eigenvalue weighted by Crippen LogP contribution is -2.31. The Labute approximate surface area is 141 Å². The lowest BCUT2D eigenvalue weighted by Gasteiger charge is -2.19. The van der Waals surface area contributed by atoms with Crippen LogP contribution in [0.5, 0.6) is 0 Å². The van der Waals surface area contributed by atoms with Gasteiger partial charge in [0, 0.05) is 24.8 Å². The van der Waals surface area contributed by atoms with Crippen LogP contribution in [-0.2, 0) is 17.6 Å². The molecule has 1 heterocycles. The number of amides is 2. The van der Waals surface area contributed by atoms with E-state index in [0.717, 1.165) is 49.2 Å². The zero-order chi connectivity index (χ0) is 16.0. The maximum Gasteiger partial charge on any atom is 0.254 e. The summed E-state index contributed by atoms with van der Waals surface area (Å²) in [6.45, 7) is 0.742. The number of aryl methyl sites for hydroxylation is 1. The van der Waals surface area contributed by atoms with Crippen LogP contribution < -0.4 is 16.4 Å². The average molecular weight is 335 g/mol. The van der Waals surface area contributed by atoms with Gasteiger partial charge in [-0.3, -0.25) is 9.59 Å².